The highest BCUT2D eigenvalue weighted by molar-refractivity contribution is 5.11. The second-order valence-corrected chi connectivity index (χ2v) is 4.35. The Labute approximate surface area is 99.2 Å². The van der Waals surface area contributed by atoms with Gasteiger partial charge in [-0.25, -0.2) is 0 Å². The lowest BCUT2D eigenvalue weighted by Gasteiger charge is -2.16. The van der Waals surface area contributed by atoms with Gasteiger partial charge >= 0.3 is 0 Å². The van der Waals surface area contributed by atoms with Gasteiger partial charge in [-0.2, -0.15) is 5.10 Å². The van der Waals surface area contributed by atoms with Crippen molar-refractivity contribution in [3.63, 3.8) is 0 Å². The second-order valence-electron chi connectivity index (χ2n) is 4.35. The van der Waals surface area contributed by atoms with Gasteiger partial charge in [-0.15, -0.1) is 0 Å². The third-order valence-corrected chi connectivity index (χ3v) is 2.98. The van der Waals surface area contributed by atoms with Crippen LogP contribution in [0.5, 0.6) is 0 Å². The lowest BCUT2D eigenvalue weighted by atomic mass is 10.1. The van der Waals surface area contributed by atoms with Gasteiger partial charge in [-0.3, -0.25) is 4.68 Å². The van der Waals surface area contributed by atoms with Crippen LogP contribution in [-0.2, 0) is 19.9 Å². The molecule has 0 spiro atoms. The number of likely N-dealkylation sites (N-methyl/N-ethyl adjacent to an activating group) is 1. The monoisotopic (exact) mass is 223 g/mol. The highest BCUT2D eigenvalue weighted by atomic mass is 15.3. The van der Waals surface area contributed by atoms with E-state index in [1.54, 1.807) is 0 Å². The summed E-state index contributed by atoms with van der Waals surface area (Å²) in [5, 5.41) is 8.04. The summed E-state index contributed by atoms with van der Waals surface area (Å²) in [6.45, 7) is 7.61. The molecule has 0 aliphatic rings. The van der Waals surface area contributed by atoms with Crippen molar-refractivity contribution in [3.05, 3.63) is 17.5 Å². The van der Waals surface area contributed by atoms with Crippen LogP contribution in [0.1, 0.15) is 45.0 Å². The minimum Gasteiger partial charge on any atom is -0.314 e. The summed E-state index contributed by atoms with van der Waals surface area (Å²) in [6.07, 6.45) is 4.58. The molecule has 0 saturated carbocycles. The third kappa shape index (κ3) is 3.63. The van der Waals surface area contributed by atoms with E-state index in [4.69, 9.17) is 0 Å². The van der Waals surface area contributed by atoms with Gasteiger partial charge in [0.05, 0.1) is 5.69 Å². The van der Waals surface area contributed by atoms with Crippen molar-refractivity contribution in [2.75, 3.05) is 6.54 Å². The molecule has 0 amide bonds. The minimum absolute atomic E-state index is 0.593. The van der Waals surface area contributed by atoms with Crippen LogP contribution in [0.3, 0.4) is 0 Å². The summed E-state index contributed by atoms with van der Waals surface area (Å²) in [5.74, 6) is 0. The highest BCUT2D eigenvalue weighted by Crippen LogP contribution is 2.09. The third-order valence-electron chi connectivity index (χ3n) is 2.98. The molecule has 0 bridgehead atoms. The lowest BCUT2D eigenvalue weighted by molar-refractivity contribution is 0.473. The molecule has 0 saturated heterocycles. The summed E-state index contributed by atoms with van der Waals surface area (Å²) >= 11 is 0. The quantitative estimate of drug-likeness (QED) is 0.768. The van der Waals surface area contributed by atoms with E-state index in [1.165, 1.54) is 24.2 Å². The zero-order chi connectivity index (χ0) is 12.0. The fraction of sp³-hybridized carbons (Fsp3) is 0.769. The molecule has 1 aromatic rings. The molecule has 1 aromatic heterocycles. The number of hydrogen-bond donors (Lipinski definition) is 1. The van der Waals surface area contributed by atoms with E-state index < -0.39 is 0 Å². The van der Waals surface area contributed by atoms with Crippen molar-refractivity contribution in [3.8, 4) is 0 Å². The van der Waals surface area contributed by atoms with Gasteiger partial charge in [0, 0.05) is 25.2 Å². The summed E-state index contributed by atoms with van der Waals surface area (Å²) in [7, 11) is 2.05. The van der Waals surface area contributed by atoms with Crippen LogP contribution in [0, 0.1) is 0 Å². The van der Waals surface area contributed by atoms with Crippen LogP contribution in [-0.4, -0.2) is 22.4 Å². The van der Waals surface area contributed by atoms with E-state index in [9.17, 15) is 0 Å². The number of aromatic nitrogens is 2. The summed E-state index contributed by atoms with van der Waals surface area (Å²) < 4.78 is 2.03. The van der Waals surface area contributed by atoms with Gasteiger partial charge in [-0.1, -0.05) is 27.2 Å². The Morgan fingerprint density at radius 1 is 1.38 bits per heavy atom. The Hall–Kier alpha value is -0.830. The van der Waals surface area contributed by atoms with Crippen LogP contribution in [0.2, 0.25) is 0 Å². The van der Waals surface area contributed by atoms with E-state index in [-0.39, 0.29) is 0 Å². The first-order chi connectivity index (χ1) is 7.71. The number of hydrogen-bond acceptors (Lipinski definition) is 2. The molecule has 1 atom stereocenters. The molecule has 16 heavy (non-hydrogen) atoms. The predicted octanol–water partition coefficient (Wildman–Crippen LogP) is 2.30. The van der Waals surface area contributed by atoms with Crippen molar-refractivity contribution in [1.82, 2.24) is 15.1 Å². The molecule has 0 fully saturated rings. The first-order valence-electron chi connectivity index (χ1n) is 6.46. The Bertz CT molecular complexity index is 298. The van der Waals surface area contributed by atoms with E-state index in [0.717, 1.165) is 19.4 Å². The van der Waals surface area contributed by atoms with Crippen molar-refractivity contribution < 1.29 is 0 Å². The van der Waals surface area contributed by atoms with Gasteiger partial charge < -0.3 is 5.32 Å². The van der Waals surface area contributed by atoms with Gasteiger partial charge in [0.15, 0.2) is 0 Å². The molecule has 1 unspecified atom stereocenters. The fourth-order valence-corrected chi connectivity index (χ4v) is 2.10. The van der Waals surface area contributed by atoms with Crippen molar-refractivity contribution in [2.45, 2.75) is 52.5 Å². The summed E-state index contributed by atoms with van der Waals surface area (Å²) in [6, 6.07) is 2.83. The van der Waals surface area contributed by atoms with Crippen LogP contribution in [0.4, 0.5) is 0 Å². The normalized spacial score (nSPS) is 13.0. The van der Waals surface area contributed by atoms with Crippen LogP contribution < -0.4 is 5.32 Å². The molecule has 3 nitrogen and oxygen atoms in total. The maximum absolute atomic E-state index is 4.49. The summed E-state index contributed by atoms with van der Waals surface area (Å²) in [5.41, 5.74) is 2.54. The van der Waals surface area contributed by atoms with Crippen LogP contribution in [0.25, 0.3) is 0 Å². The average molecular weight is 223 g/mol. The van der Waals surface area contributed by atoms with E-state index in [0.29, 0.717) is 6.04 Å². The average Bonchev–Trinajstić information content (AvgIpc) is 2.60. The Morgan fingerprint density at radius 2 is 2.12 bits per heavy atom. The molecule has 1 N–H and O–H groups in total. The largest absolute Gasteiger partial charge is 0.314 e. The molecule has 1 rings (SSSR count). The molecule has 1 heterocycles. The molecular formula is C13H25N3. The minimum atomic E-state index is 0.593. The number of rotatable bonds is 7. The van der Waals surface area contributed by atoms with Crippen LogP contribution in [0.15, 0.2) is 6.07 Å². The molecule has 3 heteroatoms. The zero-order valence-corrected chi connectivity index (χ0v) is 11.1. The maximum atomic E-state index is 4.49. The first-order valence-corrected chi connectivity index (χ1v) is 6.46. The zero-order valence-electron chi connectivity index (χ0n) is 11.1. The SMILES string of the molecule is CCCC(Cc1cc(CC)nn1C)NCC. The smallest absolute Gasteiger partial charge is 0.0624 e. The maximum Gasteiger partial charge on any atom is 0.0624 e. The number of aryl methyl sites for hydroxylation is 2. The number of nitrogens with one attached hydrogen (secondary N) is 1. The van der Waals surface area contributed by atoms with Crippen molar-refractivity contribution >= 4 is 0 Å². The Morgan fingerprint density at radius 3 is 2.62 bits per heavy atom. The molecule has 0 radical (unpaired) electrons. The van der Waals surface area contributed by atoms with Gasteiger partial charge in [0.1, 0.15) is 0 Å². The van der Waals surface area contributed by atoms with Crippen LogP contribution >= 0.6 is 0 Å². The van der Waals surface area contributed by atoms with E-state index >= 15 is 0 Å². The second kappa shape index (κ2) is 6.69. The topological polar surface area (TPSA) is 29.9 Å². The van der Waals surface area contributed by atoms with Gasteiger partial charge in [-0.05, 0) is 25.5 Å². The van der Waals surface area contributed by atoms with E-state index in [2.05, 4.69) is 37.3 Å². The first kappa shape index (κ1) is 13.2. The van der Waals surface area contributed by atoms with Gasteiger partial charge in [0.2, 0.25) is 0 Å². The van der Waals surface area contributed by atoms with Gasteiger partial charge in [0.25, 0.3) is 0 Å². The van der Waals surface area contributed by atoms with E-state index in [1.807, 2.05) is 11.7 Å². The highest BCUT2D eigenvalue weighted by Gasteiger charge is 2.11. The standard InChI is InChI=1S/C13H25N3/c1-5-8-12(14-7-3)10-13-9-11(6-2)15-16(13)4/h9,12,14H,5-8,10H2,1-4H3. The molecular weight excluding hydrogens is 198 g/mol. The summed E-state index contributed by atoms with van der Waals surface area (Å²) in [4.78, 5) is 0. The lowest BCUT2D eigenvalue weighted by Crippen LogP contribution is -2.31. The molecule has 0 aromatic carbocycles. The Balaban J connectivity index is 2.64. The molecule has 92 valence electrons. The molecule has 0 aliphatic carbocycles. The number of nitrogens with zero attached hydrogens (tertiary/aromatic N) is 2. The molecule has 0 aliphatic heterocycles. The van der Waals surface area contributed by atoms with Crippen molar-refractivity contribution in [1.29, 1.82) is 0 Å². The van der Waals surface area contributed by atoms with Crippen molar-refractivity contribution in [2.24, 2.45) is 7.05 Å². The predicted molar refractivity (Wildman–Crippen MR) is 68.7 cm³/mol. The Kier molecular flexibility index (Phi) is 5.53. The fourth-order valence-electron chi connectivity index (χ4n) is 2.10.